The van der Waals surface area contributed by atoms with Crippen LogP contribution in [0.4, 0.5) is 11.5 Å². The van der Waals surface area contributed by atoms with E-state index in [0.29, 0.717) is 17.1 Å². The first-order chi connectivity index (χ1) is 8.15. The number of pyridine rings is 1. The van der Waals surface area contributed by atoms with Gasteiger partial charge in [-0.1, -0.05) is 17.7 Å². The number of nitrogens with two attached hydrogens (primary N) is 1. The quantitative estimate of drug-likeness (QED) is 0.826. The molecule has 4 nitrogen and oxygen atoms in total. The molecular weight excluding hydrogens is 214 g/mol. The van der Waals surface area contributed by atoms with Crippen LogP contribution < -0.4 is 11.1 Å². The number of nitrogen functional groups attached to an aromatic ring is 1. The molecule has 0 saturated carbocycles. The summed E-state index contributed by atoms with van der Waals surface area (Å²) in [6.45, 7) is 1.98. The van der Waals surface area contributed by atoms with E-state index in [1.807, 2.05) is 19.1 Å². The van der Waals surface area contributed by atoms with E-state index in [-0.39, 0.29) is 5.91 Å². The number of amides is 1. The number of carbonyl (C=O) groups is 1. The SMILES string of the molecule is Cc1ccc(C(=O)Nc2ccc(N)nc2)cc1. The van der Waals surface area contributed by atoms with Crippen LogP contribution in [0.15, 0.2) is 42.6 Å². The molecular formula is C13H13N3O. The lowest BCUT2D eigenvalue weighted by atomic mass is 10.1. The molecule has 0 spiro atoms. The van der Waals surface area contributed by atoms with E-state index in [1.165, 1.54) is 6.20 Å². The third kappa shape index (κ3) is 2.81. The zero-order valence-electron chi connectivity index (χ0n) is 9.47. The Morgan fingerprint density at radius 3 is 2.47 bits per heavy atom. The maximum atomic E-state index is 11.8. The van der Waals surface area contributed by atoms with Crippen molar-refractivity contribution in [3.05, 3.63) is 53.7 Å². The fourth-order valence-electron chi connectivity index (χ4n) is 1.39. The Balaban J connectivity index is 2.11. The minimum Gasteiger partial charge on any atom is -0.384 e. The van der Waals surface area contributed by atoms with Gasteiger partial charge >= 0.3 is 0 Å². The molecule has 0 aliphatic carbocycles. The number of aromatic nitrogens is 1. The first-order valence-electron chi connectivity index (χ1n) is 5.25. The Morgan fingerprint density at radius 2 is 1.88 bits per heavy atom. The van der Waals surface area contributed by atoms with Crippen molar-refractivity contribution in [2.45, 2.75) is 6.92 Å². The molecule has 3 N–H and O–H groups in total. The van der Waals surface area contributed by atoms with Gasteiger partial charge in [0, 0.05) is 5.56 Å². The van der Waals surface area contributed by atoms with Crippen LogP contribution in [0.5, 0.6) is 0 Å². The third-order valence-electron chi connectivity index (χ3n) is 2.36. The second kappa shape index (κ2) is 4.65. The van der Waals surface area contributed by atoms with Crippen molar-refractivity contribution in [2.24, 2.45) is 0 Å². The van der Waals surface area contributed by atoms with Crippen LogP contribution in [0.3, 0.4) is 0 Å². The van der Waals surface area contributed by atoms with E-state index in [9.17, 15) is 4.79 Å². The third-order valence-corrected chi connectivity index (χ3v) is 2.36. The van der Waals surface area contributed by atoms with Gasteiger partial charge in [0.15, 0.2) is 0 Å². The van der Waals surface area contributed by atoms with Crippen molar-refractivity contribution in [3.63, 3.8) is 0 Å². The van der Waals surface area contributed by atoms with Gasteiger partial charge in [0.05, 0.1) is 11.9 Å². The predicted molar refractivity (Wildman–Crippen MR) is 67.8 cm³/mol. The summed E-state index contributed by atoms with van der Waals surface area (Å²) < 4.78 is 0. The summed E-state index contributed by atoms with van der Waals surface area (Å²) in [6.07, 6.45) is 1.53. The summed E-state index contributed by atoms with van der Waals surface area (Å²) in [5.74, 6) is 0.273. The number of benzene rings is 1. The highest BCUT2D eigenvalue weighted by molar-refractivity contribution is 6.04. The average molecular weight is 227 g/mol. The number of hydrogen-bond donors (Lipinski definition) is 2. The molecule has 1 heterocycles. The van der Waals surface area contributed by atoms with Crippen LogP contribution in [0.25, 0.3) is 0 Å². The molecule has 1 aromatic carbocycles. The number of nitrogens with zero attached hydrogens (tertiary/aromatic N) is 1. The maximum absolute atomic E-state index is 11.8. The van der Waals surface area contributed by atoms with E-state index in [0.717, 1.165) is 5.56 Å². The van der Waals surface area contributed by atoms with Crippen LogP contribution in [0, 0.1) is 6.92 Å². The van der Waals surface area contributed by atoms with Gasteiger partial charge in [-0.25, -0.2) is 4.98 Å². The monoisotopic (exact) mass is 227 g/mol. The number of rotatable bonds is 2. The highest BCUT2D eigenvalue weighted by Crippen LogP contribution is 2.10. The molecule has 4 heteroatoms. The zero-order chi connectivity index (χ0) is 12.3. The van der Waals surface area contributed by atoms with E-state index in [2.05, 4.69) is 10.3 Å². The van der Waals surface area contributed by atoms with Gasteiger partial charge in [-0.2, -0.15) is 0 Å². The largest absolute Gasteiger partial charge is 0.384 e. The van der Waals surface area contributed by atoms with Crippen LogP contribution in [-0.2, 0) is 0 Å². The average Bonchev–Trinajstić information content (AvgIpc) is 2.33. The zero-order valence-corrected chi connectivity index (χ0v) is 9.47. The highest BCUT2D eigenvalue weighted by atomic mass is 16.1. The van der Waals surface area contributed by atoms with Crippen LogP contribution in [0.2, 0.25) is 0 Å². The number of aryl methyl sites for hydroxylation is 1. The van der Waals surface area contributed by atoms with Gasteiger partial charge in [0.1, 0.15) is 5.82 Å². The van der Waals surface area contributed by atoms with E-state index < -0.39 is 0 Å². The molecule has 0 fully saturated rings. The van der Waals surface area contributed by atoms with Gasteiger partial charge in [-0.3, -0.25) is 4.79 Å². The number of anilines is 2. The predicted octanol–water partition coefficient (Wildman–Crippen LogP) is 2.22. The fraction of sp³-hybridized carbons (Fsp3) is 0.0769. The molecule has 17 heavy (non-hydrogen) atoms. The number of hydrogen-bond acceptors (Lipinski definition) is 3. The molecule has 0 unspecified atom stereocenters. The highest BCUT2D eigenvalue weighted by Gasteiger charge is 2.05. The normalized spacial score (nSPS) is 9.94. The Kier molecular flexibility index (Phi) is 3.05. The van der Waals surface area contributed by atoms with Crippen molar-refractivity contribution in [2.75, 3.05) is 11.1 Å². The Hall–Kier alpha value is -2.36. The summed E-state index contributed by atoms with van der Waals surface area (Å²) in [4.78, 5) is 15.7. The fourth-order valence-corrected chi connectivity index (χ4v) is 1.39. The lowest BCUT2D eigenvalue weighted by molar-refractivity contribution is 0.102. The molecule has 2 aromatic rings. The molecule has 0 aliphatic heterocycles. The lowest BCUT2D eigenvalue weighted by Crippen LogP contribution is -2.12. The van der Waals surface area contributed by atoms with Crippen LogP contribution >= 0.6 is 0 Å². The van der Waals surface area contributed by atoms with Gasteiger partial charge in [0.2, 0.25) is 0 Å². The number of carbonyl (C=O) groups excluding carboxylic acids is 1. The van der Waals surface area contributed by atoms with Crippen molar-refractivity contribution in [3.8, 4) is 0 Å². The molecule has 0 saturated heterocycles. The Morgan fingerprint density at radius 1 is 1.18 bits per heavy atom. The van der Waals surface area contributed by atoms with Gasteiger partial charge < -0.3 is 11.1 Å². The Bertz CT molecular complexity index is 517. The molecule has 2 rings (SSSR count). The Labute approximate surface area is 99.5 Å². The molecule has 1 aromatic heterocycles. The second-order valence-electron chi connectivity index (χ2n) is 3.79. The van der Waals surface area contributed by atoms with Crippen LogP contribution in [-0.4, -0.2) is 10.9 Å². The van der Waals surface area contributed by atoms with Crippen molar-refractivity contribution in [1.29, 1.82) is 0 Å². The van der Waals surface area contributed by atoms with Crippen molar-refractivity contribution in [1.82, 2.24) is 4.98 Å². The topological polar surface area (TPSA) is 68.0 Å². The number of nitrogens with one attached hydrogen (secondary N) is 1. The molecule has 0 aliphatic rings. The summed E-state index contributed by atoms with van der Waals surface area (Å²) in [5.41, 5.74) is 7.83. The minimum absolute atomic E-state index is 0.156. The lowest BCUT2D eigenvalue weighted by Gasteiger charge is -2.05. The summed E-state index contributed by atoms with van der Waals surface area (Å²) in [7, 11) is 0. The summed E-state index contributed by atoms with van der Waals surface area (Å²) >= 11 is 0. The maximum Gasteiger partial charge on any atom is 0.255 e. The first-order valence-corrected chi connectivity index (χ1v) is 5.25. The van der Waals surface area contributed by atoms with Gasteiger partial charge in [0.25, 0.3) is 5.91 Å². The molecule has 0 atom stereocenters. The first kappa shape index (κ1) is 11.1. The molecule has 86 valence electrons. The minimum atomic E-state index is -0.156. The molecule has 0 radical (unpaired) electrons. The summed E-state index contributed by atoms with van der Waals surface area (Å²) in [6, 6.07) is 10.7. The summed E-state index contributed by atoms with van der Waals surface area (Å²) in [5, 5.41) is 2.75. The van der Waals surface area contributed by atoms with Crippen molar-refractivity contribution >= 4 is 17.4 Å². The van der Waals surface area contributed by atoms with Crippen molar-refractivity contribution < 1.29 is 4.79 Å². The second-order valence-corrected chi connectivity index (χ2v) is 3.79. The molecule has 0 bridgehead atoms. The van der Waals surface area contributed by atoms with Crippen LogP contribution in [0.1, 0.15) is 15.9 Å². The molecule has 1 amide bonds. The smallest absolute Gasteiger partial charge is 0.255 e. The van der Waals surface area contributed by atoms with Gasteiger partial charge in [-0.05, 0) is 31.2 Å². The van der Waals surface area contributed by atoms with E-state index in [1.54, 1.807) is 24.3 Å². The van der Waals surface area contributed by atoms with E-state index >= 15 is 0 Å². The van der Waals surface area contributed by atoms with E-state index in [4.69, 9.17) is 5.73 Å². The standard InChI is InChI=1S/C13H13N3O/c1-9-2-4-10(5-3-9)13(17)16-11-6-7-12(14)15-8-11/h2-8H,1H3,(H2,14,15)(H,16,17). The van der Waals surface area contributed by atoms with Gasteiger partial charge in [-0.15, -0.1) is 0 Å².